The summed E-state index contributed by atoms with van der Waals surface area (Å²) in [6, 6.07) is 1.67. The molecule has 0 amide bonds. The van der Waals surface area contributed by atoms with Crippen LogP contribution in [0.1, 0.15) is 22.8 Å². The number of aromatic nitrogens is 1. The van der Waals surface area contributed by atoms with Crippen LogP contribution in [0.4, 0.5) is 0 Å². The molecule has 0 unspecified atom stereocenters. The predicted octanol–water partition coefficient (Wildman–Crippen LogP) is 1.19. The zero-order chi connectivity index (χ0) is 9.97. The molecule has 0 aromatic carbocycles. The van der Waals surface area contributed by atoms with Crippen molar-refractivity contribution >= 4 is 5.97 Å². The van der Waals surface area contributed by atoms with E-state index in [0.29, 0.717) is 24.7 Å². The van der Waals surface area contributed by atoms with Gasteiger partial charge in [-0.2, -0.15) is 0 Å². The largest absolute Gasteiger partial charge is 0.477 e. The summed E-state index contributed by atoms with van der Waals surface area (Å²) in [6.45, 7) is 2.77. The number of fused-ring (bicyclic) bond motifs is 1. The fraction of sp³-hybridized carbons (Fsp3) is 0.400. The first-order valence-electron chi connectivity index (χ1n) is 4.60. The van der Waals surface area contributed by atoms with Crippen molar-refractivity contribution in [1.82, 2.24) is 4.98 Å². The van der Waals surface area contributed by atoms with E-state index < -0.39 is 0 Å². The lowest BCUT2D eigenvalue weighted by Crippen LogP contribution is -2.07. The van der Waals surface area contributed by atoms with Crippen molar-refractivity contribution in [1.29, 1.82) is 0 Å². The van der Waals surface area contributed by atoms with E-state index in [0.717, 1.165) is 12.0 Å². The summed E-state index contributed by atoms with van der Waals surface area (Å²) < 4.78 is 10.2. The highest BCUT2D eigenvalue weighted by molar-refractivity contribution is 5.91. The summed E-state index contributed by atoms with van der Waals surface area (Å²) in [7, 11) is 0. The molecule has 0 N–H and O–H groups in total. The molecule has 1 aromatic heterocycles. The highest BCUT2D eigenvalue weighted by Crippen LogP contribution is 2.25. The zero-order valence-corrected chi connectivity index (χ0v) is 7.95. The minimum absolute atomic E-state index is 0.295. The molecule has 4 nitrogen and oxygen atoms in total. The van der Waals surface area contributed by atoms with E-state index in [-0.39, 0.29) is 5.97 Å². The van der Waals surface area contributed by atoms with Crippen molar-refractivity contribution in [3.63, 3.8) is 0 Å². The fourth-order valence-electron chi connectivity index (χ4n) is 1.49. The lowest BCUT2D eigenvalue weighted by molar-refractivity contribution is 0.0525. The van der Waals surface area contributed by atoms with Crippen molar-refractivity contribution in [2.45, 2.75) is 13.3 Å². The van der Waals surface area contributed by atoms with Gasteiger partial charge in [0.2, 0.25) is 5.88 Å². The quantitative estimate of drug-likeness (QED) is 0.662. The predicted molar refractivity (Wildman–Crippen MR) is 49.4 cm³/mol. The van der Waals surface area contributed by atoms with Gasteiger partial charge in [0, 0.05) is 18.2 Å². The molecular weight excluding hydrogens is 182 g/mol. The van der Waals surface area contributed by atoms with Crippen LogP contribution in [0.25, 0.3) is 0 Å². The Kier molecular flexibility index (Phi) is 2.35. The number of esters is 1. The van der Waals surface area contributed by atoms with Gasteiger partial charge in [0.05, 0.1) is 18.8 Å². The summed E-state index contributed by atoms with van der Waals surface area (Å²) in [5, 5.41) is 0. The molecule has 74 valence electrons. The number of hydrogen-bond donors (Lipinski definition) is 0. The fourth-order valence-corrected chi connectivity index (χ4v) is 1.49. The molecule has 2 rings (SSSR count). The average molecular weight is 193 g/mol. The maximum Gasteiger partial charge on any atom is 0.338 e. The molecule has 0 saturated heterocycles. The second-order valence-corrected chi connectivity index (χ2v) is 2.96. The SMILES string of the molecule is CCOC(=O)c1ccnc2c1CCO2. The van der Waals surface area contributed by atoms with Crippen LogP contribution in [-0.2, 0) is 11.2 Å². The normalized spacial score (nSPS) is 13.2. The van der Waals surface area contributed by atoms with Crippen LogP contribution >= 0.6 is 0 Å². The van der Waals surface area contributed by atoms with E-state index in [1.165, 1.54) is 0 Å². The van der Waals surface area contributed by atoms with E-state index >= 15 is 0 Å². The van der Waals surface area contributed by atoms with Gasteiger partial charge in [-0.15, -0.1) is 0 Å². The van der Waals surface area contributed by atoms with Crippen LogP contribution in [0.2, 0.25) is 0 Å². The van der Waals surface area contributed by atoms with Crippen LogP contribution in [0.5, 0.6) is 5.88 Å². The number of hydrogen-bond acceptors (Lipinski definition) is 4. The third-order valence-corrected chi connectivity index (χ3v) is 2.10. The van der Waals surface area contributed by atoms with E-state index in [1.54, 1.807) is 19.2 Å². The van der Waals surface area contributed by atoms with Gasteiger partial charge in [-0.3, -0.25) is 0 Å². The molecule has 4 heteroatoms. The van der Waals surface area contributed by atoms with Crippen LogP contribution < -0.4 is 4.74 Å². The maximum absolute atomic E-state index is 11.5. The van der Waals surface area contributed by atoms with Crippen LogP contribution in [0.3, 0.4) is 0 Å². The molecule has 1 aliphatic heterocycles. The Hall–Kier alpha value is -1.58. The van der Waals surface area contributed by atoms with Crippen molar-refractivity contribution in [2.75, 3.05) is 13.2 Å². The van der Waals surface area contributed by atoms with Gasteiger partial charge in [-0.1, -0.05) is 0 Å². The van der Waals surface area contributed by atoms with E-state index in [4.69, 9.17) is 9.47 Å². The standard InChI is InChI=1S/C10H11NO3/c1-2-13-10(12)8-3-5-11-9-7(8)4-6-14-9/h3,5H,2,4,6H2,1H3. The molecule has 14 heavy (non-hydrogen) atoms. The lowest BCUT2D eigenvalue weighted by Gasteiger charge is -2.04. The zero-order valence-electron chi connectivity index (χ0n) is 7.95. The maximum atomic E-state index is 11.5. The first-order valence-corrected chi connectivity index (χ1v) is 4.60. The number of ether oxygens (including phenoxy) is 2. The monoisotopic (exact) mass is 193 g/mol. The molecule has 0 atom stereocenters. The smallest absolute Gasteiger partial charge is 0.338 e. The van der Waals surface area contributed by atoms with Gasteiger partial charge in [0.25, 0.3) is 0 Å². The Bertz CT molecular complexity index is 362. The minimum atomic E-state index is -0.295. The van der Waals surface area contributed by atoms with Crippen molar-refractivity contribution in [3.05, 3.63) is 23.4 Å². The minimum Gasteiger partial charge on any atom is -0.477 e. The third kappa shape index (κ3) is 1.43. The van der Waals surface area contributed by atoms with Gasteiger partial charge >= 0.3 is 5.97 Å². The Morgan fingerprint density at radius 1 is 1.71 bits per heavy atom. The second-order valence-electron chi connectivity index (χ2n) is 2.96. The highest BCUT2D eigenvalue weighted by Gasteiger charge is 2.21. The summed E-state index contributed by atoms with van der Waals surface area (Å²) in [5.74, 6) is 0.271. The first kappa shape index (κ1) is 8.99. The van der Waals surface area contributed by atoms with Gasteiger partial charge < -0.3 is 9.47 Å². The molecule has 1 aliphatic rings. The number of rotatable bonds is 2. The number of carbonyl (C=O) groups excluding carboxylic acids is 1. The van der Waals surface area contributed by atoms with Gasteiger partial charge in [-0.25, -0.2) is 9.78 Å². The van der Waals surface area contributed by atoms with E-state index in [1.807, 2.05) is 0 Å². The molecule has 0 radical (unpaired) electrons. The summed E-state index contributed by atoms with van der Waals surface area (Å²) in [4.78, 5) is 15.5. The Morgan fingerprint density at radius 3 is 3.36 bits per heavy atom. The summed E-state index contributed by atoms with van der Waals surface area (Å²) in [6.07, 6.45) is 2.30. The van der Waals surface area contributed by atoms with Crippen molar-refractivity contribution in [2.24, 2.45) is 0 Å². The molecule has 0 aliphatic carbocycles. The molecule has 1 aromatic rings. The second kappa shape index (κ2) is 3.65. The van der Waals surface area contributed by atoms with Crippen molar-refractivity contribution < 1.29 is 14.3 Å². The Morgan fingerprint density at radius 2 is 2.57 bits per heavy atom. The topological polar surface area (TPSA) is 48.4 Å². The first-order chi connectivity index (χ1) is 6.83. The Labute approximate surface area is 81.9 Å². The van der Waals surface area contributed by atoms with E-state index in [2.05, 4.69) is 4.98 Å². The number of pyridine rings is 1. The molecule has 0 bridgehead atoms. The van der Waals surface area contributed by atoms with E-state index in [9.17, 15) is 4.79 Å². The summed E-state index contributed by atoms with van der Waals surface area (Å²) >= 11 is 0. The van der Waals surface area contributed by atoms with Crippen LogP contribution in [-0.4, -0.2) is 24.2 Å². The molecule has 0 fully saturated rings. The summed E-state index contributed by atoms with van der Waals surface area (Å²) in [5.41, 5.74) is 1.44. The Balaban J connectivity index is 2.34. The third-order valence-electron chi connectivity index (χ3n) is 2.10. The molecule has 0 spiro atoms. The highest BCUT2D eigenvalue weighted by atomic mass is 16.5. The van der Waals surface area contributed by atoms with Crippen LogP contribution in [0, 0.1) is 0 Å². The molecule has 0 saturated carbocycles. The van der Waals surface area contributed by atoms with Gasteiger partial charge in [0.1, 0.15) is 0 Å². The average Bonchev–Trinajstić information content (AvgIpc) is 2.65. The van der Waals surface area contributed by atoms with Crippen LogP contribution in [0.15, 0.2) is 12.3 Å². The lowest BCUT2D eigenvalue weighted by atomic mass is 10.1. The number of carbonyl (C=O) groups is 1. The molecular formula is C10H11NO3. The van der Waals surface area contributed by atoms with Crippen molar-refractivity contribution in [3.8, 4) is 5.88 Å². The van der Waals surface area contributed by atoms with Gasteiger partial charge in [0.15, 0.2) is 0 Å². The van der Waals surface area contributed by atoms with Gasteiger partial charge in [-0.05, 0) is 13.0 Å². The molecule has 2 heterocycles. The number of nitrogens with zero attached hydrogens (tertiary/aromatic N) is 1.